The van der Waals surface area contributed by atoms with Crippen molar-refractivity contribution in [1.29, 1.82) is 0 Å². The molecule has 5 nitrogen and oxygen atoms in total. The molecule has 2 N–H and O–H groups in total. The highest BCUT2D eigenvalue weighted by atomic mass is 35.5. The first kappa shape index (κ1) is 28.0. The van der Waals surface area contributed by atoms with Crippen molar-refractivity contribution < 1.29 is 21.9 Å². The molecule has 0 radical (unpaired) electrons. The number of ether oxygens (including phenoxy) is 1. The van der Waals surface area contributed by atoms with Crippen LogP contribution in [0.5, 0.6) is 0 Å². The number of benzene rings is 2. The number of hydrogen-bond acceptors (Lipinski definition) is 5. The minimum atomic E-state index is -3.31. The van der Waals surface area contributed by atoms with Crippen LogP contribution in [0.15, 0.2) is 41.3 Å². The van der Waals surface area contributed by atoms with Gasteiger partial charge in [0.1, 0.15) is 17.7 Å². The first-order chi connectivity index (χ1) is 14.6. The van der Waals surface area contributed by atoms with Gasteiger partial charge in [-0.1, -0.05) is 19.9 Å². The molecular formula is C23H30Cl2F2N2O3S. The number of nitrogens with two attached hydrogens (primary N) is 1. The quantitative estimate of drug-likeness (QED) is 0.629. The Kier molecular flexibility index (Phi) is 9.29. The molecule has 1 fully saturated rings. The lowest BCUT2D eigenvalue weighted by Crippen LogP contribution is -2.47. The van der Waals surface area contributed by atoms with E-state index in [1.165, 1.54) is 0 Å². The maximum absolute atomic E-state index is 14.2. The number of nitrogens with zero attached hydrogens (tertiary/aromatic N) is 1. The zero-order valence-electron chi connectivity index (χ0n) is 18.5. The number of sulfone groups is 1. The van der Waals surface area contributed by atoms with Crippen LogP contribution in [0, 0.1) is 17.6 Å². The third kappa shape index (κ3) is 6.05. The van der Waals surface area contributed by atoms with Crippen LogP contribution in [0.3, 0.4) is 0 Å². The number of rotatable bonds is 5. The van der Waals surface area contributed by atoms with Gasteiger partial charge in [-0.05, 0) is 53.8 Å². The molecule has 0 unspecified atom stereocenters. The first-order valence-electron chi connectivity index (χ1n) is 10.5. The van der Waals surface area contributed by atoms with Gasteiger partial charge in [-0.15, -0.1) is 24.8 Å². The summed E-state index contributed by atoms with van der Waals surface area (Å²) >= 11 is 0. The lowest BCUT2D eigenvalue weighted by molar-refractivity contribution is -0.0531. The van der Waals surface area contributed by atoms with E-state index in [1.54, 1.807) is 12.1 Å². The van der Waals surface area contributed by atoms with Crippen LogP contribution in [0.2, 0.25) is 0 Å². The van der Waals surface area contributed by atoms with Gasteiger partial charge in [-0.2, -0.15) is 0 Å². The highest BCUT2D eigenvalue weighted by Crippen LogP contribution is 2.35. The van der Waals surface area contributed by atoms with E-state index in [9.17, 15) is 17.2 Å². The van der Waals surface area contributed by atoms with Crippen LogP contribution in [-0.2, 0) is 27.7 Å². The Balaban J connectivity index is 0.00000193. The summed E-state index contributed by atoms with van der Waals surface area (Å²) in [7, 11) is -3.31. The normalized spacial score (nSPS) is 23.0. The van der Waals surface area contributed by atoms with E-state index in [-0.39, 0.29) is 48.1 Å². The molecule has 184 valence electrons. The van der Waals surface area contributed by atoms with Crippen LogP contribution < -0.4 is 5.73 Å². The van der Waals surface area contributed by atoms with Gasteiger partial charge >= 0.3 is 0 Å². The molecule has 0 aliphatic carbocycles. The molecule has 3 atom stereocenters. The Morgan fingerprint density at radius 1 is 1.09 bits per heavy atom. The summed E-state index contributed by atoms with van der Waals surface area (Å²) in [6.07, 6.45) is -0.114. The molecule has 0 bridgehead atoms. The van der Waals surface area contributed by atoms with Crippen molar-refractivity contribution in [3.8, 4) is 0 Å². The topological polar surface area (TPSA) is 72.6 Å². The fraction of sp³-hybridized carbons (Fsp3) is 0.478. The second kappa shape index (κ2) is 11.0. The predicted molar refractivity (Wildman–Crippen MR) is 129 cm³/mol. The summed E-state index contributed by atoms with van der Waals surface area (Å²) in [4.78, 5) is 2.57. The molecule has 0 spiro atoms. The standard InChI is InChI=1S/C23H28F2N2O3S.2ClH/c1-14(2)13-31(28,29)19-5-3-15-10-27(11-16(15)7-19)18-9-22(26)23(30-12-18)20-8-17(24)4-6-21(20)25;;/h3-8,14,18,22-23H,9-13,26H2,1-2H3;2*1H/t18-,22+,23-;;/m1../s1. The van der Waals surface area contributed by atoms with Crippen molar-refractivity contribution in [3.05, 3.63) is 64.7 Å². The van der Waals surface area contributed by atoms with Crippen LogP contribution in [0.4, 0.5) is 8.78 Å². The van der Waals surface area contributed by atoms with Crippen molar-refractivity contribution >= 4 is 34.7 Å². The Labute approximate surface area is 206 Å². The maximum Gasteiger partial charge on any atom is 0.178 e. The van der Waals surface area contributed by atoms with Gasteiger partial charge < -0.3 is 10.5 Å². The number of halogens is 4. The van der Waals surface area contributed by atoms with Crippen LogP contribution in [0.1, 0.15) is 43.1 Å². The fourth-order valence-corrected chi connectivity index (χ4v) is 6.20. The minimum Gasteiger partial charge on any atom is -0.370 e. The molecule has 0 amide bonds. The Hall–Kier alpha value is -1.29. The Morgan fingerprint density at radius 2 is 1.79 bits per heavy atom. The molecule has 10 heteroatoms. The second-order valence-electron chi connectivity index (χ2n) is 8.98. The van der Waals surface area contributed by atoms with Gasteiger partial charge in [0.05, 0.1) is 17.3 Å². The van der Waals surface area contributed by atoms with Crippen LogP contribution in [0.25, 0.3) is 0 Å². The number of fused-ring (bicyclic) bond motifs is 1. The largest absolute Gasteiger partial charge is 0.370 e. The van der Waals surface area contributed by atoms with Crippen LogP contribution in [-0.4, -0.2) is 37.8 Å². The van der Waals surface area contributed by atoms with Crippen molar-refractivity contribution in [2.24, 2.45) is 11.7 Å². The van der Waals surface area contributed by atoms with Crippen molar-refractivity contribution in [1.82, 2.24) is 4.90 Å². The van der Waals surface area contributed by atoms with Crippen molar-refractivity contribution in [3.63, 3.8) is 0 Å². The highest BCUT2D eigenvalue weighted by molar-refractivity contribution is 7.91. The minimum absolute atomic E-state index is 0. The molecule has 4 rings (SSSR count). The molecular weight excluding hydrogens is 493 g/mol. The third-order valence-corrected chi connectivity index (χ3v) is 8.10. The van der Waals surface area contributed by atoms with E-state index >= 15 is 0 Å². The molecule has 2 heterocycles. The molecule has 0 saturated carbocycles. The summed E-state index contributed by atoms with van der Waals surface area (Å²) in [6.45, 7) is 5.42. The van der Waals surface area contributed by atoms with E-state index in [4.69, 9.17) is 10.5 Å². The molecule has 2 aliphatic rings. The van der Waals surface area contributed by atoms with E-state index in [2.05, 4.69) is 4.90 Å². The number of hydrogen-bond donors (Lipinski definition) is 1. The zero-order chi connectivity index (χ0) is 22.3. The van der Waals surface area contributed by atoms with Gasteiger partial charge in [-0.3, -0.25) is 4.90 Å². The highest BCUT2D eigenvalue weighted by Gasteiger charge is 2.36. The van der Waals surface area contributed by atoms with Gasteiger partial charge in [0.25, 0.3) is 0 Å². The molecule has 2 aliphatic heterocycles. The van der Waals surface area contributed by atoms with E-state index in [0.29, 0.717) is 31.0 Å². The smallest absolute Gasteiger partial charge is 0.178 e. The molecule has 33 heavy (non-hydrogen) atoms. The van der Waals surface area contributed by atoms with Crippen LogP contribution >= 0.6 is 24.8 Å². The Morgan fingerprint density at radius 3 is 2.45 bits per heavy atom. The van der Waals surface area contributed by atoms with Crippen molar-refractivity contribution in [2.45, 2.75) is 56.4 Å². The van der Waals surface area contributed by atoms with E-state index in [1.807, 2.05) is 19.9 Å². The van der Waals surface area contributed by atoms with E-state index < -0.39 is 33.6 Å². The average Bonchev–Trinajstić information content (AvgIpc) is 3.12. The second-order valence-corrected chi connectivity index (χ2v) is 11.0. The zero-order valence-corrected chi connectivity index (χ0v) is 21.0. The summed E-state index contributed by atoms with van der Waals surface area (Å²) in [5.41, 5.74) is 8.54. The molecule has 2 aromatic rings. The molecule has 1 saturated heterocycles. The maximum atomic E-state index is 14.2. The predicted octanol–water partition coefficient (Wildman–Crippen LogP) is 4.41. The van der Waals surface area contributed by atoms with Crippen molar-refractivity contribution in [2.75, 3.05) is 12.4 Å². The molecule has 0 aromatic heterocycles. The summed E-state index contributed by atoms with van der Waals surface area (Å²) < 4.78 is 58.8. The van der Waals surface area contributed by atoms with E-state index in [0.717, 1.165) is 29.3 Å². The lowest BCUT2D eigenvalue weighted by atomic mass is 9.93. The van der Waals surface area contributed by atoms with Gasteiger partial charge in [-0.25, -0.2) is 17.2 Å². The summed E-state index contributed by atoms with van der Waals surface area (Å²) in [5.74, 6) is -0.859. The first-order valence-corrected chi connectivity index (χ1v) is 12.2. The Bertz CT molecular complexity index is 1090. The van der Waals surface area contributed by atoms with Gasteiger partial charge in [0, 0.05) is 30.7 Å². The average molecular weight is 523 g/mol. The fourth-order valence-electron chi connectivity index (χ4n) is 4.54. The molecule has 2 aromatic carbocycles. The lowest BCUT2D eigenvalue weighted by Gasteiger charge is -2.38. The monoisotopic (exact) mass is 522 g/mol. The van der Waals surface area contributed by atoms with Gasteiger partial charge in [0.2, 0.25) is 0 Å². The SMILES string of the molecule is CC(C)CS(=O)(=O)c1ccc2c(c1)CN([C@H]1CO[C@H](c3cc(F)ccc3F)[C@@H](N)C1)C2.Cl.Cl. The summed E-state index contributed by atoms with van der Waals surface area (Å²) in [6, 6.07) is 8.21. The third-order valence-electron chi connectivity index (χ3n) is 6.02. The summed E-state index contributed by atoms with van der Waals surface area (Å²) in [5, 5.41) is 0. The van der Waals surface area contributed by atoms with Gasteiger partial charge in [0.15, 0.2) is 9.84 Å².